The first-order valence-corrected chi connectivity index (χ1v) is 7.71. The van der Waals surface area contributed by atoms with Crippen LogP contribution in [0.3, 0.4) is 0 Å². The molecule has 0 aliphatic carbocycles. The molecule has 0 heterocycles. The van der Waals surface area contributed by atoms with E-state index in [-0.39, 0.29) is 5.91 Å². The highest BCUT2D eigenvalue weighted by molar-refractivity contribution is 5.94. The molecule has 0 aromatic heterocycles. The molecule has 2 rings (SSSR count). The highest BCUT2D eigenvalue weighted by Gasteiger charge is 2.15. The summed E-state index contributed by atoms with van der Waals surface area (Å²) in [6.07, 6.45) is -0.594. The third kappa shape index (κ3) is 4.74. The number of benzene rings is 2. The summed E-state index contributed by atoms with van der Waals surface area (Å²) in [5, 5.41) is 2.83. The molecule has 0 spiro atoms. The summed E-state index contributed by atoms with van der Waals surface area (Å²) in [5.74, 6) is 1.61. The van der Waals surface area contributed by atoms with Gasteiger partial charge in [0.1, 0.15) is 11.5 Å². The molecule has 2 aromatic rings. The number of ether oxygens (including phenoxy) is 2. The minimum Gasteiger partial charge on any atom is -0.497 e. The van der Waals surface area contributed by atoms with E-state index in [2.05, 4.69) is 25.2 Å². The molecular formula is C19H23NO3. The van der Waals surface area contributed by atoms with Gasteiger partial charge in [-0.2, -0.15) is 0 Å². The van der Waals surface area contributed by atoms with Gasteiger partial charge in [0.25, 0.3) is 5.91 Å². The topological polar surface area (TPSA) is 47.6 Å². The van der Waals surface area contributed by atoms with Gasteiger partial charge in [0, 0.05) is 11.8 Å². The van der Waals surface area contributed by atoms with Gasteiger partial charge >= 0.3 is 0 Å². The van der Waals surface area contributed by atoms with Crippen LogP contribution >= 0.6 is 0 Å². The maximum absolute atomic E-state index is 12.3. The van der Waals surface area contributed by atoms with E-state index in [1.807, 2.05) is 36.4 Å². The summed E-state index contributed by atoms with van der Waals surface area (Å²) < 4.78 is 10.9. The molecule has 0 radical (unpaired) electrons. The molecule has 0 saturated heterocycles. The van der Waals surface area contributed by atoms with Crippen molar-refractivity contribution in [3.05, 3.63) is 54.1 Å². The molecule has 4 heteroatoms. The third-order valence-electron chi connectivity index (χ3n) is 3.54. The van der Waals surface area contributed by atoms with Gasteiger partial charge in [-0.25, -0.2) is 0 Å². The SMILES string of the molecule is COc1cccc(NC(=O)C(C)Oc2cccc(C(C)C)c2)c1. The number of hydrogen-bond donors (Lipinski definition) is 1. The van der Waals surface area contributed by atoms with Crippen LogP contribution in [0.5, 0.6) is 11.5 Å². The number of carbonyl (C=O) groups excluding carboxylic acids is 1. The van der Waals surface area contributed by atoms with Crippen molar-refractivity contribution in [1.82, 2.24) is 0 Å². The maximum atomic E-state index is 12.3. The van der Waals surface area contributed by atoms with Gasteiger partial charge in [-0.3, -0.25) is 4.79 Å². The molecular weight excluding hydrogens is 290 g/mol. The van der Waals surface area contributed by atoms with Crippen molar-refractivity contribution in [2.45, 2.75) is 32.8 Å². The second-order valence-electron chi connectivity index (χ2n) is 5.71. The van der Waals surface area contributed by atoms with Crippen LogP contribution < -0.4 is 14.8 Å². The van der Waals surface area contributed by atoms with Gasteiger partial charge in [-0.15, -0.1) is 0 Å². The molecule has 1 amide bonds. The quantitative estimate of drug-likeness (QED) is 0.868. The summed E-state index contributed by atoms with van der Waals surface area (Å²) >= 11 is 0. The van der Waals surface area contributed by atoms with Crippen LogP contribution in [-0.2, 0) is 4.79 Å². The van der Waals surface area contributed by atoms with Crippen molar-refractivity contribution in [2.24, 2.45) is 0 Å². The molecule has 122 valence electrons. The monoisotopic (exact) mass is 313 g/mol. The van der Waals surface area contributed by atoms with Crippen LogP contribution in [0.2, 0.25) is 0 Å². The molecule has 0 aliphatic rings. The second kappa shape index (κ2) is 7.68. The van der Waals surface area contributed by atoms with Crippen molar-refractivity contribution < 1.29 is 14.3 Å². The van der Waals surface area contributed by atoms with Gasteiger partial charge in [-0.1, -0.05) is 32.0 Å². The van der Waals surface area contributed by atoms with E-state index in [1.165, 1.54) is 5.56 Å². The van der Waals surface area contributed by atoms with Gasteiger partial charge in [0.2, 0.25) is 0 Å². The molecule has 4 nitrogen and oxygen atoms in total. The largest absolute Gasteiger partial charge is 0.497 e. The zero-order valence-corrected chi connectivity index (χ0v) is 14.0. The average molecular weight is 313 g/mol. The molecule has 0 fully saturated rings. The Labute approximate surface area is 137 Å². The van der Waals surface area contributed by atoms with Crippen molar-refractivity contribution in [3.8, 4) is 11.5 Å². The molecule has 1 N–H and O–H groups in total. The first kappa shape index (κ1) is 16.9. The van der Waals surface area contributed by atoms with Crippen LogP contribution in [0.15, 0.2) is 48.5 Å². The number of amides is 1. The summed E-state index contributed by atoms with van der Waals surface area (Å²) in [4.78, 5) is 12.3. The number of anilines is 1. The van der Waals surface area contributed by atoms with Crippen LogP contribution in [0.25, 0.3) is 0 Å². The number of carbonyl (C=O) groups is 1. The van der Waals surface area contributed by atoms with Crippen molar-refractivity contribution >= 4 is 11.6 Å². The fourth-order valence-electron chi connectivity index (χ4n) is 2.15. The van der Waals surface area contributed by atoms with E-state index in [9.17, 15) is 4.79 Å². The molecule has 2 aromatic carbocycles. The van der Waals surface area contributed by atoms with Gasteiger partial charge < -0.3 is 14.8 Å². The first-order valence-electron chi connectivity index (χ1n) is 7.71. The lowest BCUT2D eigenvalue weighted by Gasteiger charge is -2.16. The smallest absolute Gasteiger partial charge is 0.265 e. The predicted octanol–water partition coefficient (Wildman–Crippen LogP) is 4.22. The lowest BCUT2D eigenvalue weighted by atomic mass is 10.0. The Morgan fingerprint density at radius 2 is 1.70 bits per heavy atom. The van der Waals surface area contributed by atoms with Crippen molar-refractivity contribution in [2.75, 3.05) is 12.4 Å². The van der Waals surface area contributed by atoms with Crippen molar-refractivity contribution in [1.29, 1.82) is 0 Å². The van der Waals surface area contributed by atoms with Crippen LogP contribution in [0.1, 0.15) is 32.3 Å². The van der Waals surface area contributed by atoms with E-state index in [0.29, 0.717) is 23.1 Å². The second-order valence-corrected chi connectivity index (χ2v) is 5.71. The van der Waals surface area contributed by atoms with E-state index >= 15 is 0 Å². The van der Waals surface area contributed by atoms with E-state index in [1.54, 1.807) is 20.1 Å². The summed E-state index contributed by atoms with van der Waals surface area (Å²) in [5.41, 5.74) is 1.86. The number of methoxy groups -OCH3 is 1. The van der Waals surface area contributed by atoms with E-state index in [4.69, 9.17) is 9.47 Å². The highest BCUT2D eigenvalue weighted by Crippen LogP contribution is 2.22. The standard InChI is InChI=1S/C19H23NO3/c1-13(2)15-7-5-10-18(11-15)23-14(3)19(21)20-16-8-6-9-17(12-16)22-4/h5-14H,1-4H3,(H,20,21). The van der Waals surface area contributed by atoms with Gasteiger partial charge in [0.15, 0.2) is 6.10 Å². The lowest BCUT2D eigenvalue weighted by Crippen LogP contribution is -2.30. The van der Waals surface area contributed by atoms with Gasteiger partial charge in [0.05, 0.1) is 7.11 Å². The lowest BCUT2D eigenvalue weighted by molar-refractivity contribution is -0.122. The zero-order valence-electron chi connectivity index (χ0n) is 14.0. The Balaban J connectivity index is 2.00. The summed E-state index contributed by atoms with van der Waals surface area (Å²) in [6, 6.07) is 15.1. The molecule has 23 heavy (non-hydrogen) atoms. The zero-order chi connectivity index (χ0) is 16.8. The first-order chi connectivity index (χ1) is 11.0. The Morgan fingerprint density at radius 3 is 2.39 bits per heavy atom. The number of rotatable bonds is 6. The Bertz CT molecular complexity index is 667. The maximum Gasteiger partial charge on any atom is 0.265 e. The van der Waals surface area contributed by atoms with Gasteiger partial charge in [-0.05, 0) is 42.7 Å². The van der Waals surface area contributed by atoms with E-state index < -0.39 is 6.10 Å². The molecule has 0 aliphatic heterocycles. The minimum atomic E-state index is -0.594. The predicted molar refractivity (Wildman–Crippen MR) is 92.2 cm³/mol. The number of nitrogens with one attached hydrogen (secondary N) is 1. The number of hydrogen-bond acceptors (Lipinski definition) is 3. The molecule has 1 unspecified atom stereocenters. The Morgan fingerprint density at radius 1 is 1.00 bits per heavy atom. The molecule has 0 saturated carbocycles. The minimum absolute atomic E-state index is 0.201. The van der Waals surface area contributed by atoms with Crippen LogP contribution in [0.4, 0.5) is 5.69 Å². The fourth-order valence-corrected chi connectivity index (χ4v) is 2.15. The third-order valence-corrected chi connectivity index (χ3v) is 3.54. The fraction of sp³-hybridized carbons (Fsp3) is 0.316. The Kier molecular flexibility index (Phi) is 5.63. The van der Waals surface area contributed by atoms with Crippen LogP contribution in [-0.4, -0.2) is 19.1 Å². The van der Waals surface area contributed by atoms with Crippen molar-refractivity contribution in [3.63, 3.8) is 0 Å². The average Bonchev–Trinajstić information content (AvgIpc) is 2.55. The molecule has 0 bridgehead atoms. The highest BCUT2D eigenvalue weighted by atomic mass is 16.5. The van der Waals surface area contributed by atoms with E-state index in [0.717, 1.165) is 0 Å². The normalized spacial score (nSPS) is 11.9. The van der Waals surface area contributed by atoms with Crippen LogP contribution in [0, 0.1) is 0 Å². The summed E-state index contributed by atoms with van der Waals surface area (Å²) in [6.45, 7) is 5.98. The Hall–Kier alpha value is -2.49. The summed E-state index contributed by atoms with van der Waals surface area (Å²) in [7, 11) is 1.59. The molecule has 1 atom stereocenters.